The summed E-state index contributed by atoms with van der Waals surface area (Å²) in [4.78, 5) is 14.1. The molecule has 0 unspecified atom stereocenters. The van der Waals surface area contributed by atoms with Gasteiger partial charge in [-0.25, -0.2) is 8.42 Å². The van der Waals surface area contributed by atoms with E-state index in [1.807, 2.05) is 0 Å². The van der Waals surface area contributed by atoms with E-state index in [1.54, 1.807) is 11.0 Å². The highest BCUT2D eigenvalue weighted by Gasteiger charge is 2.27. The van der Waals surface area contributed by atoms with Gasteiger partial charge in [-0.1, -0.05) is 0 Å². The van der Waals surface area contributed by atoms with E-state index in [1.165, 1.54) is 19.2 Å². The lowest BCUT2D eigenvalue weighted by Gasteiger charge is -2.28. The van der Waals surface area contributed by atoms with Gasteiger partial charge in [-0.3, -0.25) is 4.79 Å². The molecule has 0 aromatic heterocycles. The monoisotopic (exact) mass is 354 g/mol. The minimum atomic E-state index is -3.76. The maximum atomic E-state index is 12.7. The molecule has 24 heavy (non-hydrogen) atoms. The van der Waals surface area contributed by atoms with Crippen molar-refractivity contribution in [2.24, 2.45) is 0 Å². The topological polar surface area (TPSA) is 76.2 Å². The zero-order chi connectivity index (χ0) is 17.2. The van der Waals surface area contributed by atoms with Crippen LogP contribution in [-0.2, 0) is 14.8 Å². The van der Waals surface area contributed by atoms with Crippen LogP contribution in [0.2, 0.25) is 0 Å². The lowest BCUT2D eigenvalue weighted by molar-refractivity contribution is -0.132. The maximum Gasteiger partial charge on any atom is 0.243 e. The Labute approximate surface area is 142 Å². The standard InChI is InChI=1S/C16H22N2O5S/c1-17(12-16(19)18-7-3-2-4-8-18)24(20,21)13-5-6-14-15(11-13)23-10-9-22-14/h5-6,11H,2-4,7-10,12H2,1H3. The number of amides is 1. The molecular formula is C16H22N2O5S. The molecule has 0 spiro atoms. The highest BCUT2D eigenvalue weighted by molar-refractivity contribution is 7.89. The van der Waals surface area contributed by atoms with Gasteiger partial charge in [-0.2, -0.15) is 4.31 Å². The number of carbonyl (C=O) groups excluding carboxylic acids is 1. The van der Waals surface area contributed by atoms with Gasteiger partial charge in [0, 0.05) is 26.2 Å². The molecule has 1 amide bonds. The zero-order valence-electron chi connectivity index (χ0n) is 13.7. The van der Waals surface area contributed by atoms with Gasteiger partial charge in [0.15, 0.2) is 11.5 Å². The first-order chi connectivity index (χ1) is 11.5. The van der Waals surface area contributed by atoms with Gasteiger partial charge in [-0.15, -0.1) is 0 Å². The maximum absolute atomic E-state index is 12.7. The number of ether oxygens (including phenoxy) is 2. The quantitative estimate of drug-likeness (QED) is 0.809. The van der Waals surface area contributed by atoms with Crippen molar-refractivity contribution >= 4 is 15.9 Å². The molecule has 0 radical (unpaired) electrons. The van der Waals surface area contributed by atoms with Crippen LogP contribution in [0, 0.1) is 0 Å². The Hall–Kier alpha value is -1.80. The van der Waals surface area contributed by atoms with E-state index in [9.17, 15) is 13.2 Å². The molecule has 0 aliphatic carbocycles. The van der Waals surface area contributed by atoms with Gasteiger partial charge in [0.2, 0.25) is 15.9 Å². The van der Waals surface area contributed by atoms with Gasteiger partial charge in [0.1, 0.15) is 13.2 Å². The molecule has 2 aliphatic rings. The number of hydrogen-bond donors (Lipinski definition) is 0. The van der Waals surface area contributed by atoms with Crippen molar-refractivity contribution in [2.45, 2.75) is 24.2 Å². The van der Waals surface area contributed by atoms with E-state index in [0.29, 0.717) is 37.8 Å². The predicted molar refractivity (Wildman–Crippen MR) is 87.7 cm³/mol. The van der Waals surface area contributed by atoms with Crippen molar-refractivity contribution in [3.63, 3.8) is 0 Å². The van der Waals surface area contributed by atoms with Gasteiger partial charge >= 0.3 is 0 Å². The van der Waals surface area contributed by atoms with E-state index in [-0.39, 0.29) is 17.3 Å². The third-order valence-corrected chi connectivity index (χ3v) is 6.09. The Balaban J connectivity index is 1.73. The summed E-state index contributed by atoms with van der Waals surface area (Å²) in [6.45, 7) is 2.09. The summed E-state index contributed by atoms with van der Waals surface area (Å²) >= 11 is 0. The smallest absolute Gasteiger partial charge is 0.243 e. The van der Waals surface area contributed by atoms with Crippen molar-refractivity contribution in [3.8, 4) is 11.5 Å². The van der Waals surface area contributed by atoms with Crippen LogP contribution in [-0.4, -0.2) is 63.4 Å². The fourth-order valence-corrected chi connectivity index (χ4v) is 4.02. The molecule has 132 valence electrons. The molecule has 3 rings (SSSR count). The van der Waals surface area contributed by atoms with Crippen LogP contribution < -0.4 is 9.47 Å². The number of rotatable bonds is 4. The molecule has 0 N–H and O–H groups in total. The van der Waals surface area contributed by atoms with Crippen LogP contribution in [0.3, 0.4) is 0 Å². The van der Waals surface area contributed by atoms with E-state index < -0.39 is 10.0 Å². The normalized spacial score (nSPS) is 17.8. The van der Waals surface area contributed by atoms with Crippen LogP contribution in [0.1, 0.15) is 19.3 Å². The Morgan fingerprint density at radius 2 is 1.79 bits per heavy atom. The lowest BCUT2D eigenvalue weighted by atomic mass is 10.1. The molecule has 1 aromatic rings. The molecule has 2 heterocycles. The van der Waals surface area contributed by atoms with Crippen molar-refractivity contribution in [1.82, 2.24) is 9.21 Å². The number of piperidine rings is 1. The number of likely N-dealkylation sites (tertiary alicyclic amines) is 1. The number of nitrogens with zero attached hydrogens (tertiary/aromatic N) is 2. The van der Waals surface area contributed by atoms with E-state index >= 15 is 0 Å². The number of carbonyl (C=O) groups is 1. The number of sulfonamides is 1. The summed E-state index contributed by atoms with van der Waals surface area (Å²) in [5.41, 5.74) is 0. The first kappa shape index (κ1) is 17.0. The Kier molecular flexibility index (Phi) is 4.96. The molecule has 0 bridgehead atoms. The summed E-state index contributed by atoms with van der Waals surface area (Å²) in [5.74, 6) is 0.795. The highest BCUT2D eigenvalue weighted by Crippen LogP contribution is 2.32. The Bertz CT molecular complexity index is 713. The molecule has 2 aliphatic heterocycles. The molecular weight excluding hydrogens is 332 g/mol. The zero-order valence-corrected chi connectivity index (χ0v) is 14.5. The van der Waals surface area contributed by atoms with Crippen LogP contribution in [0.4, 0.5) is 0 Å². The number of benzene rings is 1. The Morgan fingerprint density at radius 3 is 2.50 bits per heavy atom. The second kappa shape index (κ2) is 6.98. The minimum Gasteiger partial charge on any atom is -0.486 e. The average Bonchev–Trinajstić information content (AvgIpc) is 2.61. The first-order valence-corrected chi connectivity index (χ1v) is 9.56. The van der Waals surface area contributed by atoms with Gasteiger partial charge in [-0.05, 0) is 31.4 Å². The van der Waals surface area contributed by atoms with Crippen molar-refractivity contribution in [2.75, 3.05) is 39.9 Å². The summed E-state index contributed by atoms with van der Waals surface area (Å²) in [6.07, 6.45) is 3.07. The molecule has 0 saturated carbocycles. The summed E-state index contributed by atoms with van der Waals surface area (Å²) < 4.78 is 37.3. The average molecular weight is 354 g/mol. The Morgan fingerprint density at radius 1 is 1.12 bits per heavy atom. The van der Waals surface area contributed by atoms with Gasteiger partial charge < -0.3 is 14.4 Å². The van der Waals surface area contributed by atoms with Gasteiger partial charge in [0.05, 0.1) is 11.4 Å². The molecule has 0 atom stereocenters. The number of likely N-dealkylation sites (N-methyl/N-ethyl adjacent to an activating group) is 1. The van der Waals surface area contributed by atoms with Crippen molar-refractivity contribution in [1.29, 1.82) is 0 Å². The molecule has 1 fully saturated rings. The third kappa shape index (κ3) is 3.49. The first-order valence-electron chi connectivity index (χ1n) is 8.12. The van der Waals surface area contributed by atoms with Gasteiger partial charge in [0.25, 0.3) is 0 Å². The van der Waals surface area contributed by atoms with E-state index in [2.05, 4.69) is 0 Å². The second-order valence-corrected chi connectivity index (χ2v) is 8.05. The fourth-order valence-electron chi connectivity index (χ4n) is 2.88. The van der Waals surface area contributed by atoms with Crippen LogP contribution >= 0.6 is 0 Å². The van der Waals surface area contributed by atoms with Crippen LogP contribution in [0.25, 0.3) is 0 Å². The minimum absolute atomic E-state index is 0.0979. The predicted octanol–water partition coefficient (Wildman–Crippen LogP) is 1.09. The SMILES string of the molecule is CN(CC(=O)N1CCCCC1)S(=O)(=O)c1ccc2c(c1)OCCO2. The largest absolute Gasteiger partial charge is 0.486 e. The molecule has 1 saturated heterocycles. The number of hydrogen-bond acceptors (Lipinski definition) is 5. The third-order valence-electron chi connectivity index (χ3n) is 4.29. The summed E-state index contributed by atoms with van der Waals surface area (Å²) in [5, 5.41) is 0. The van der Waals surface area contributed by atoms with Crippen molar-refractivity contribution < 1.29 is 22.7 Å². The molecule has 7 nitrogen and oxygen atoms in total. The summed E-state index contributed by atoms with van der Waals surface area (Å²) in [6, 6.07) is 4.51. The number of fused-ring (bicyclic) bond motifs is 1. The van der Waals surface area contributed by atoms with Crippen LogP contribution in [0.5, 0.6) is 11.5 Å². The lowest BCUT2D eigenvalue weighted by Crippen LogP contribution is -2.43. The molecule has 1 aromatic carbocycles. The fraction of sp³-hybridized carbons (Fsp3) is 0.562. The van der Waals surface area contributed by atoms with Crippen LogP contribution in [0.15, 0.2) is 23.1 Å². The van der Waals surface area contributed by atoms with E-state index in [0.717, 1.165) is 23.6 Å². The summed E-state index contributed by atoms with van der Waals surface area (Å²) in [7, 11) is -2.33. The highest BCUT2D eigenvalue weighted by atomic mass is 32.2. The second-order valence-electron chi connectivity index (χ2n) is 6.01. The molecule has 8 heteroatoms. The van der Waals surface area contributed by atoms with Crippen molar-refractivity contribution in [3.05, 3.63) is 18.2 Å². The van der Waals surface area contributed by atoms with E-state index in [4.69, 9.17) is 9.47 Å².